The van der Waals surface area contributed by atoms with Gasteiger partial charge in [-0.1, -0.05) is 71.2 Å². The summed E-state index contributed by atoms with van der Waals surface area (Å²) in [6, 6.07) is 4.44. The van der Waals surface area contributed by atoms with Crippen molar-refractivity contribution in [2.75, 3.05) is 0 Å². The van der Waals surface area contributed by atoms with Crippen LogP contribution in [0.25, 0.3) is 11.6 Å². The Balaban J connectivity index is 0.00000116. The van der Waals surface area contributed by atoms with E-state index in [4.69, 9.17) is 0 Å². The zero-order valence-corrected chi connectivity index (χ0v) is 15.3. The number of allylic oxidation sites excluding steroid dienone is 5. The monoisotopic (exact) mass is 294 g/mol. The normalized spacial score (nSPS) is 16.2. The summed E-state index contributed by atoms with van der Waals surface area (Å²) < 4.78 is 0. The second-order valence-electron chi connectivity index (χ2n) is 6.07. The predicted octanol–water partition coefficient (Wildman–Crippen LogP) is 6.86. The predicted molar refractivity (Wildman–Crippen MR) is 102 cm³/mol. The number of aryl methyl sites for hydroxylation is 1. The summed E-state index contributed by atoms with van der Waals surface area (Å²) in [5.74, 6) is 0. The summed E-state index contributed by atoms with van der Waals surface area (Å²) in [6.07, 6.45) is 6.29. The summed E-state index contributed by atoms with van der Waals surface area (Å²) in [6.45, 7) is 23.3. The van der Waals surface area contributed by atoms with Crippen LogP contribution in [0.2, 0.25) is 0 Å². The van der Waals surface area contributed by atoms with Gasteiger partial charge in [0.2, 0.25) is 0 Å². The van der Waals surface area contributed by atoms with Crippen molar-refractivity contribution in [1.29, 1.82) is 0 Å². The van der Waals surface area contributed by atoms with Crippen molar-refractivity contribution in [3.05, 3.63) is 70.8 Å². The van der Waals surface area contributed by atoms with Gasteiger partial charge in [0.15, 0.2) is 0 Å². The lowest BCUT2D eigenvalue weighted by Crippen LogP contribution is -2.27. The Bertz CT molecular complexity index is 649. The largest absolute Gasteiger partial charge is 0.0984 e. The minimum atomic E-state index is -0.00141. The van der Waals surface area contributed by atoms with E-state index in [1.807, 2.05) is 19.9 Å². The van der Waals surface area contributed by atoms with E-state index in [1.165, 1.54) is 33.4 Å². The molecule has 0 aliphatic heterocycles. The van der Waals surface area contributed by atoms with Crippen LogP contribution in [-0.2, 0) is 5.41 Å². The fourth-order valence-corrected chi connectivity index (χ4v) is 3.30. The molecule has 22 heavy (non-hydrogen) atoms. The highest BCUT2D eigenvalue weighted by atomic mass is 14.4. The van der Waals surface area contributed by atoms with Crippen LogP contribution in [-0.4, -0.2) is 0 Å². The molecule has 0 unspecified atom stereocenters. The first-order valence-electron chi connectivity index (χ1n) is 8.16. The third-order valence-corrected chi connectivity index (χ3v) is 4.51. The molecule has 1 aliphatic rings. The molecule has 2 rings (SSSR count). The summed E-state index contributed by atoms with van der Waals surface area (Å²) >= 11 is 0. The molecule has 0 radical (unpaired) electrons. The molecule has 1 aromatic carbocycles. The van der Waals surface area contributed by atoms with Gasteiger partial charge in [-0.15, -0.1) is 0 Å². The second kappa shape index (κ2) is 6.96. The van der Waals surface area contributed by atoms with Crippen molar-refractivity contribution >= 4 is 11.6 Å². The average molecular weight is 294 g/mol. The van der Waals surface area contributed by atoms with Gasteiger partial charge in [0, 0.05) is 5.41 Å². The van der Waals surface area contributed by atoms with E-state index in [0.717, 1.165) is 5.57 Å². The Labute approximate surface area is 137 Å². The van der Waals surface area contributed by atoms with Crippen molar-refractivity contribution in [2.24, 2.45) is 0 Å². The Morgan fingerprint density at radius 3 is 2.18 bits per heavy atom. The minimum Gasteiger partial charge on any atom is -0.0984 e. The highest BCUT2D eigenvalue weighted by Crippen LogP contribution is 2.47. The van der Waals surface area contributed by atoms with Crippen LogP contribution < -0.4 is 0 Å². The Kier molecular flexibility index (Phi) is 5.77. The van der Waals surface area contributed by atoms with Crippen molar-refractivity contribution in [3.63, 3.8) is 0 Å². The molecule has 0 nitrogen and oxygen atoms in total. The van der Waals surface area contributed by atoms with E-state index in [9.17, 15) is 0 Å². The van der Waals surface area contributed by atoms with Crippen molar-refractivity contribution < 1.29 is 0 Å². The highest BCUT2D eigenvalue weighted by Gasteiger charge is 2.34. The first-order valence-corrected chi connectivity index (χ1v) is 8.16. The second-order valence-corrected chi connectivity index (χ2v) is 6.07. The van der Waals surface area contributed by atoms with Crippen LogP contribution in [0.1, 0.15) is 63.8 Å². The number of benzene rings is 1. The molecule has 1 aromatic rings. The summed E-state index contributed by atoms with van der Waals surface area (Å²) in [7, 11) is 0. The quantitative estimate of drug-likeness (QED) is 0.559. The molecular weight excluding hydrogens is 264 g/mol. The van der Waals surface area contributed by atoms with E-state index >= 15 is 0 Å². The lowest BCUT2D eigenvalue weighted by atomic mass is 9.66. The van der Waals surface area contributed by atoms with Crippen LogP contribution >= 0.6 is 0 Å². The Morgan fingerprint density at radius 1 is 1.09 bits per heavy atom. The van der Waals surface area contributed by atoms with E-state index < -0.39 is 0 Å². The van der Waals surface area contributed by atoms with Crippen molar-refractivity contribution in [1.82, 2.24) is 0 Å². The maximum Gasteiger partial charge on any atom is 0.0155 e. The fourth-order valence-electron chi connectivity index (χ4n) is 3.30. The van der Waals surface area contributed by atoms with Gasteiger partial charge in [-0.25, -0.2) is 0 Å². The number of hydrogen-bond donors (Lipinski definition) is 0. The van der Waals surface area contributed by atoms with Crippen molar-refractivity contribution in [2.45, 2.75) is 53.9 Å². The van der Waals surface area contributed by atoms with E-state index in [0.29, 0.717) is 0 Å². The summed E-state index contributed by atoms with van der Waals surface area (Å²) in [5, 5.41) is 0. The van der Waals surface area contributed by atoms with E-state index in [2.05, 4.69) is 72.1 Å². The first-order chi connectivity index (χ1) is 10.4. The van der Waals surface area contributed by atoms with Crippen LogP contribution in [0, 0.1) is 6.92 Å². The van der Waals surface area contributed by atoms with Gasteiger partial charge < -0.3 is 0 Å². The molecule has 0 spiro atoms. The van der Waals surface area contributed by atoms with Crippen LogP contribution in [0.4, 0.5) is 0 Å². The fraction of sp³-hybridized carbons (Fsp3) is 0.364. The van der Waals surface area contributed by atoms with Crippen LogP contribution in [0.15, 0.2) is 48.6 Å². The van der Waals surface area contributed by atoms with Gasteiger partial charge in [0.1, 0.15) is 0 Å². The van der Waals surface area contributed by atoms with Gasteiger partial charge in [0.25, 0.3) is 0 Å². The zero-order chi connectivity index (χ0) is 17.1. The van der Waals surface area contributed by atoms with Gasteiger partial charge in [-0.2, -0.15) is 0 Å². The standard InChI is InChI=1S/C20H24.C2H6/c1-8-10-17-14(4)15(5)19-16(9-2)13(3)11-12-18(19)20(17,6)7;1-2/h8-12H,2,5H2,1,3-4,6-7H3;1-2H3/b10-8-;. The van der Waals surface area contributed by atoms with Gasteiger partial charge >= 0.3 is 0 Å². The molecule has 1 aliphatic carbocycles. The molecule has 118 valence electrons. The lowest BCUT2D eigenvalue weighted by molar-refractivity contribution is 0.626. The lowest BCUT2D eigenvalue weighted by Gasteiger charge is -2.37. The van der Waals surface area contributed by atoms with E-state index in [1.54, 1.807) is 0 Å². The topological polar surface area (TPSA) is 0 Å². The Hall–Kier alpha value is -1.82. The third-order valence-electron chi connectivity index (χ3n) is 4.51. The molecule has 0 amide bonds. The molecule has 0 aromatic heterocycles. The molecule has 0 atom stereocenters. The molecule has 0 bridgehead atoms. The Morgan fingerprint density at radius 2 is 1.68 bits per heavy atom. The molecule has 0 heterocycles. The maximum absolute atomic E-state index is 4.34. The molecular formula is C22H30. The number of fused-ring (bicyclic) bond motifs is 1. The first kappa shape index (κ1) is 18.2. The number of hydrogen-bond acceptors (Lipinski definition) is 0. The van der Waals surface area contributed by atoms with Crippen LogP contribution in [0.5, 0.6) is 0 Å². The maximum atomic E-state index is 4.34. The minimum absolute atomic E-state index is 0.00141. The number of rotatable bonds is 2. The van der Waals surface area contributed by atoms with Gasteiger partial charge in [0.05, 0.1) is 0 Å². The van der Waals surface area contributed by atoms with Gasteiger partial charge in [-0.05, 0) is 59.7 Å². The zero-order valence-electron chi connectivity index (χ0n) is 15.3. The molecule has 0 heteroatoms. The smallest absolute Gasteiger partial charge is 0.0155 e. The van der Waals surface area contributed by atoms with Gasteiger partial charge in [-0.3, -0.25) is 0 Å². The van der Waals surface area contributed by atoms with E-state index in [-0.39, 0.29) is 5.41 Å². The molecule has 0 fully saturated rings. The SMILES string of the molecule is C=Cc1c(C)ccc2c1C(=C)C(C)=C(/C=C\C)C2(C)C.CC. The average Bonchev–Trinajstić information content (AvgIpc) is 2.51. The summed E-state index contributed by atoms with van der Waals surface area (Å²) in [4.78, 5) is 0. The third kappa shape index (κ3) is 2.75. The molecule has 0 N–H and O–H groups in total. The molecule has 0 saturated carbocycles. The summed E-state index contributed by atoms with van der Waals surface area (Å²) in [5.41, 5.74) is 8.88. The van der Waals surface area contributed by atoms with Crippen molar-refractivity contribution in [3.8, 4) is 0 Å². The van der Waals surface area contributed by atoms with Crippen LogP contribution in [0.3, 0.4) is 0 Å². The highest BCUT2D eigenvalue weighted by molar-refractivity contribution is 5.89. The molecule has 0 saturated heterocycles.